The number of aromatic nitrogens is 1. The number of rotatable bonds is 7. The zero-order valence-electron chi connectivity index (χ0n) is 20.3. The molecule has 1 atom stereocenters. The van der Waals surface area contributed by atoms with E-state index in [9.17, 15) is 14.7 Å². The molecule has 27 heavy (non-hydrogen) atoms. The fourth-order valence-corrected chi connectivity index (χ4v) is 2.32. The van der Waals surface area contributed by atoms with Crippen LogP contribution in [0.1, 0.15) is 31.8 Å². The number of nitrogens with zero attached hydrogens (tertiary/aromatic N) is 1. The summed E-state index contributed by atoms with van der Waals surface area (Å²) >= 11 is 5.94. The van der Waals surface area contributed by atoms with E-state index >= 15 is 0 Å². The third-order valence-electron chi connectivity index (χ3n) is 3.36. The highest BCUT2D eigenvalue weighted by Gasteiger charge is 2.16. The monoisotopic (exact) mass is 396 g/mol. The number of carboxylic acid groups (broad SMARTS) is 2. The van der Waals surface area contributed by atoms with E-state index in [1.54, 1.807) is 24.4 Å². The first-order chi connectivity index (χ1) is 15.2. The molecule has 0 saturated heterocycles. The summed E-state index contributed by atoms with van der Waals surface area (Å²) in [6, 6.07) is 12.7. The van der Waals surface area contributed by atoms with Gasteiger partial charge >= 0.3 is 5.97 Å². The number of aliphatic carboxylic acids is 2. The van der Waals surface area contributed by atoms with Crippen molar-refractivity contribution in [3.63, 3.8) is 0 Å². The first kappa shape index (κ1) is 14.4. The van der Waals surface area contributed by atoms with E-state index in [1.807, 2.05) is 24.3 Å². The van der Waals surface area contributed by atoms with Gasteiger partial charge in [-0.05, 0) is 35.9 Å². The van der Waals surface area contributed by atoms with E-state index in [0.29, 0.717) is 23.6 Å². The topological polar surface area (TPSA) is 94.8 Å². The summed E-state index contributed by atoms with van der Waals surface area (Å²) in [5, 5.41) is 17.8. The number of benzene rings is 1. The molecule has 0 amide bonds. The van der Waals surface area contributed by atoms with Gasteiger partial charge in [0.25, 0.3) is 0 Å². The van der Waals surface area contributed by atoms with Crippen molar-refractivity contribution < 1.29 is 32.9 Å². The molecule has 2 rings (SSSR count). The quantitative estimate of drug-likeness (QED) is 0.674. The Kier molecular flexibility index (Phi) is 6.29. The van der Waals surface area contributed by atoms with Crippen molar-refractivity contribution in [2.75, 3.05) is 20.5 Å². The lowest BCUT2D eigenvalue weighted by molar-refractivity contribution is -0.858. The Bertz CT molecular complexity index is 904. The molecule has 0 aliphatic carbocycles. The molecule has 2 aromatic rings. The van der Waals surface area contributed by atoms with Crippen LogP contribution in [0.3, 0.4) is 0 Å². The van der Waals surface area contributed by atoms with Crippen LogP contribution in [0.4, 0.5) is 0 Å². The van der Waals surface area contributed by atoms with E-state index in [2.05, 4.69) is 4.98 Å². The maximum absolute atomic E-state index is 9.53. The number of carbonyl (C=O) groups is 2. The normalized spacial score (nSPS) is 15.9. The van der Waals surface area contributed by atoms with Crippen LogP contribution < -0.4 is 10.0 Å². The zero-order valence-corrected chi connectivity index (χ0v) is 15.0. The van der Waals surface area contributed by atoms with Gasteiger partial charge in [0.05, 0.1) is 34.7 Å². The van der Waals surface area contributed by atoms with E-state index in [4.69, 9.17) is 24.9 Å². The summed E-state index contributed by atoms with van der Waals surface area (Å²) in [6.07, 6.45) is 2.94. The van der Waals surface area contributed by atoms with Crippen molar-refractivity contribution in [2.24, 2.45) is 0 Å². The first-order valence-corrected chi connectivity index (χ1v) is 8.24. The number of hydrogen-bond donors (Lipinski definition) is 2. The molecule has 0 bridgehead atoms. The average Bonchev–Trinajstić information content (AvgIpc) is 2.70. The molecule has 0 radical (unpaired) electrons. The van der Waals surface area contributed by atoms with Crippen molar-refractivity contribution in [1.29, 1.82) is 0 Å². The lowest BCUT2D eigenvalue weighted by Gasteiger charge is -2.18. The van der Waals surface area contributed by atoms with E-state index in [0.717, 1.165) is 11.3 Å². The standard InChI is InChI=1S/C16H19ClN2.C4H4O4/c1-19(2)12-10-15(16-5-3-4-11-18-16)13-6-8-14(17)9-7-13;5-3(6)1-2-4(7)8/h3-9,11,15H,10,12H2,1-2H3;1-2H,(H,5,6)(H,7,8)/b;2-1-/i1D3,2D3;. The average molecular weight is 397 g/mol. The lowest BCUT2D eigenvalue weighted by Crippen LogP contribution is -3.05. The van der Waals surface area contributed by atoms with Crippen molar-refractivity contribution in [3.05, 3.63) is 77.1 Å². The van der Waals surface area contributed by atoms with E-state index < -0.39 is 30.8 Å². The third kappa shape index (κ3) is 9.53. The first-order valence-electron chi connectivity index (χ1n) is 10.9. The zero-order chi connectivity index (χ0) is 25.2. The second-order valence-electron chi connectivity index (χ2n) is 5.37. The molecule has 0 aliphatic heterocycles. The highest BCUT2D eigenvalue weighted by Crippen LogP contribution is 2.26. The molecule has 0 fully saturated rings. The fourth-order valence-electron chi connectivity index (χ4n) is 2.19. The molecule has 2 N–H and O–H groups in total. The summed E-state index contributed by atoms with van der Waals surface area (Å²) in [5.74, 6) is -3.01. The summed E-state index contributed by atoms with van der Waals surface area (Å²) < 4.78 is 45.2. The minimum absolute atomic E-state index is 0.0309. The summed E-state index contributed by atoms with van der Waals surface area (Å²) in [5.41, 5.74) is 1.68. The molecule has 6 nitrogen and oxygen atoms in total. The second kappa shape index (κ2) is 11.8. The van der Waals surface area contributed by atoms with Crippen molar-refractivity contribution in [2.45, 2.75) is 12.3 Å². The Morgan fingerprint density at radius 3 is 2.44 bits per heavy atom. The Labute approximate surface area is 172 Å². The number of quaternary nitrogens is 1. The van der Waals surface area contributed by atoms with E-state index in [-0.39, 0.29) is 12.5 Å². The molecule has 0 saturated carbocycles. The van der Waals surface area contributed by atoms with Crippen LogP contribution in [-0.4, -0.2) is 42.5 Å². The molecule has 7 heteroatoms. The van der Waals surface area contributed by atoms with Gasteiger partial charge in [-0.2, -0.15) is 0 Å². The Morgan fingerprint density at radius 1 is 1.26 bits per heavy atom. The van der Waals surface area contributed by atoms with Crippen LogP contribution in [0.15, 0.2) is 60.8 Å². The maximum atomic E-state index is 9.53. The third-order valence-corrected chi connectivity index (χ3v) is 3.61. The van der Waals surface area contributed by atoms with Crippen molar-refractivity contribution >= 4 is 23.5 Å². The largest absolute Gasteiger partial charge is 0.545 e. The number of nitrogens with one attached hydrogen (secondary N) is 1. The van der Waals surface area contributed by atoms with Gasteiger partial charge in [0, 0.05) is 35.3 Å². The number of pyridine rings is 1. The van der Waals surface area contributed by atoms with Gasteiger partial charge in [0.15, 0.2) is 0 Å². The highest BCUT2D eigenvalue weighted by molar-refractivity contribution is 6.30. The molecule has 1 aromatic heterocycles. The second-order valence-corrected chi connectivity index (χ2v) is 5.80. The molecule has 1 aromatic carbocycles. The lowest BCUT2D eigenvalue weighted by atomic mass is 9.92. The predicted octanol–water partition coefficient (Wildman–Crippen LogP) is 0.779. The Morgan fingerprint density at radius 2 is 1.96 bits per heavy atom. The molecule has 144 valence electrons. The van der Waals surface area contributed by atoms with Crippen LogP contribution >= 0.6 is 11.6 Å². The number of hydrogen-bond acceptors (Lipinski definition) is 4. The van der Waals surface area contributed by atoms with Crippen LogP contribution in [-0.2, 0) is 9.59 Å². The molecule has 1 heterocycles. The SMILES string of the molecule is O=C([O-])/C=C\C(=O)O.[2H]C([2H])([2H])[NH+](CCC(c1ccc(Cl)cc1)c1ccccn1)C([2H])([2H])[2H]. The molecular formula is C20H23ClN2O4. The van der Waals surface area contributed by atoms with Gasteiger partial charge in [0.2, 0.25) is 0 Å². The van der Waals surface area contributed by atoms with Gasteiger partial charge in [-0.15, -0.1) is 0 Å². The molecule has 0 spiro atoms. The summed E-state index contributed by atoms with van der Waals surface area (Å²) in [6.45, 7) is -5.25. The molecule has 0 aliphatic rings. The number of carbonyl (C=O) groups excluding carboxylic acids is 1. The summed E-state index contributed by atoms with van der Waals surface area (Å²) in [7, 11) is 0. The number of halogens is 1. The van der Waals surface area contributed by atoms with Gasteiger partial charge < -0.3 is 19.9 Å². The smallest absolute Gasteiger partial charge is 0.328 e. The van der Waals surface area contributed by atoms with Crippen LogP contribution in [0.25, 0.3) is 0 Å². The van der Waals surface area contributed by atoms with Crippen LogP contribution in [0.2, 0.25) is 5.02 Å². The van der Waals surface area contributed by atoms with Crippen molar-refractivity contribution in [3.8, 4) is 0 Å². The predicted molar refractivity (Wildman–Crippen MR) is 102 cm³/mol. The number of carboxylic acids is 2. The van der Waals surface area contributed by atoms with Crippen LogP contribution in [0.5, 0.6) is 0 Å². The fraction of sp³-hybridized carbons (Fsp3) is 0.250. The Balaban J connectivity index is 0.000000582. The van der Waals surface area contributed by atoms with Gasteiger partial charge in [0.1, 0.15) is 0 Å². The minimum atomic E-state index is -2.61. The molecule has 1 unspecified atom stereocenters. The highest BCUT2D eigenvalue weighted by atomic mass is 35.5. The van der Waals surface area contributed by atoms with Crippen LogP contribution in [0, 0.1) is 0 Å². The van der Waals surface area contributed by atoms with Gasteiger partial charge in [-0.1, -0.05) is 29.8 Å². The van der Waals surface area contributed by atoms with Gasteiger partial charge in [-0.25, -0.2) is 4.79 Å². The summed E-state index contributed by atoms with van der Waals surface area (Å²) in [4.78, 5) is 22.9. The van der Waals surface area contributed by atoms with E-state index in [1.165, 1.54) is 0 Å². The maximum Gasteiger partial charge on any atom is 0.328 e. The van der Waals surface area contributed by atoms with Gasteiger partial charge in [-0.3, -0.25) is 4.98 Å². The Hall–Kier alpha value is -2.70. The minimum Gasteiger partial charge on any atom is -0.545 e. The van der Waals surface area contributed by atoms with Crippen molar-refractivity contribution in [1.82, 2.24) is 4.98 Å². The molecular weight excluding hydrogens is 368 g/mol.